The lowest BCUT2D eigenvalue weighted by Gasteiger charge is -2.07. The molecule has 0 aliphatic heterocycles. The average Bonchev–Trinajstić information content (AvgIpc) is 3.23. The van der Waals surface area contributed by atoms with Gasteiger partial charge in [-0.2, -0.15) is 15.0 Å². The van der Waals surface area contributed by atoms with Crippen molar-refractivity contribution < 1.29 is 0 Å². The fraction of sp³-hybridized carbons (Fsp3) is 0.200. The van der Waals surface area contributed by atoms with Crippen molar-refractivity contribution in [2.45, 2.75) is 18.9 Å². The summed E-state index contributed by atoms with van der Waals surface area (Å²) >= 11 is 0. The molecule has 1 aliphatic carbocycles. The van der Waals surface area contributed by atoms with Crippen molar-refractivity contribution in [1.29, 1.82) is 5.26 Å². The Kier molecular flexibility index (Phi) is 2.57. The van der Waals surface area contributed by atoms with Crippen molar-refractivity contribution in [2.75, 3.05) is 5.32 Å². The van der Waals surface area contributed by atoms with Gasteiger partial charge in [0.2, 0.25) is 0 Å². The Morgan fingerprint density at radius 3 is 2.95 bits per heavy atom. The van der Waals surface area contributed by atoms with E-state index in [4.69, 9.17) is 5.26 Å². The van der Waals surface area contributed by atoms with Crippen LogP contribution in [0.25, 0.3) is 16.9 Å². The summed E-state index contributed by atoms with van der Waals surface area (Å²) in [7, 11) is 0. The van der Waals surface area contributed by atoms with Gasteiger partial charge < -0.3 is 5.32 Å². The summed E-state index contributed by atoms with van der Waals surface area (Å²) in [5.74, 6) is 0.716. The Hall–Kier alpha value is -2.94. The third-order valence-electron chi connectivity index (χ3n) is 3.45. The number of anilines is 1. The maximum Gasteiger partial charge on any atom is 0.164 e. The Labute approximate surface area is 121 Å². The molecule has 0 amide bonds. The standard InChI is InChI=1S/C15H12N6/c16-7-10-5-11-9-19-21(15(11)18-8-10)14-6-13(3-4-17-14)20-12-1-2-12/h3-6,8-9,12H,1-2H2,(H,17,20). The van der Waals surface area contributed by atoms with E-state index in [0.717, 1.165) is 11.1 Å². The quantitative estimate of drug-likeness (QED) is 0.793. The molecule has 6 nitrogen and oxygen atoms in total. The molecule has 1 aliphatic rings. The van der Waals surface area contributed by atoms with Crippen molar-refractivity contribution in [1.82, 2.24) is 19.7 Å². The fourth-order valence-electron chi connectivity index (χ4n) is 2.24. The number of hydrogen-bond donors (Lipinski definition) is 1. The molecule has 0 unspecified atom stereocenters. The van der Waals surface area contributed by atoms with Gasteiger partial charge in [-0.15, -0.1) is 0 Å². The van der Waals surface area contributed by atoms with Gasteiger partial charge >= 0.3 is 0 Å². The highest BCUT2D eigenvalue weighted by Crippen LogP contribution is 2.25. The molecule has 0 atom stereocenters. The highest BCUT2D eigenvalue weighted by Gasteiger charge is 2.21. The van der Waals surface area contributed by atoms with Crippen LogP contribution in [0.1, 0.15) is 18.4 Å². The van der Waals surface area contributed by atoms with Crippen LogP contribution in [0.5, 0.6) is 0 Å². The number of nitrogens with one attached hydrogen (secondary N) is 1. The number of nitriles is 1. The summed E-state index contributed by atoms with van der Waals surface area (Å²) in [6, 6.07) is 8.36. The van der Waals surface area contributed by atoms with Crippen LogP contribution in [0.2, 0.25) is 0 Å². The summed E-state index contributed by atoms with van der Waals surface area (Å²) in [4.78, 5) is 8.67. The lowest BCUT2D eigenvalue weighted by atomic mass is 10.2. The molecule has 0 radical (unpaired) electrons. The number of pyridine rings is 2. The van der Waals surface area contributed by atoms with E-state index in [9.17, 15) is 0 Å². The Bertz CT molecular complexity index is 856. The van der Waals surface area contributed by atoms with Gasteiger partial charge in [-0.05, 0) is 25.0 Å². The molecule has 0 bridgehead atoms. The number of nitrogens with zero attached hydrogens (tertiary/aromatic N) is 5. The summed E-state index contributed by atoms with van der Waals surface area (Å²) in [5.41, 5.74) is 2.27. The highest BCUT2D eigenvalue weighted by atomic mass is 15.3. The maximum absolute atomic E-state index is 8.91. The first-order valence-electron chi connectivity index (χ1n) is 6.80. The maximum atomic E-state index is 8.91. The van der Waals surface area contributed by atoms with Crippen LogP contribution in [0.3, 0.4) is 0 Å². The molecule has 0 spiro atoms. The lowest BCUT2D eigenvalue weighted by Crippen LogP contribution is -2.04. The van der Waals surface area contributed by atoms with Crippen LogP contribution >= 0.6 is 0 Å². The minimum absolute atomic E-state index is 0.527. The van der Waals surface area contributed by atoms with Gasteiger partial charge in [0.25, 0.3) is 0 Å². The van der Waals surface area contributed by atoms with E-state index >= 15 is 0 Å². The predicted molar refractivity (Wildman–Crippen MR) is 78.0 cm³/mol. The molecule has 6 heteroatoms. The second-order valence-corrected chi connectivity index (χ2v) is 5.13. The third kappa shape index (κ3) is 2.19. The van der Waals surface area contributed by atoms with E-state index in [-0.39, 0.29) is 0 Å². The average molecular weight is 276 g/mol. The smallest absolute Gasteiger partial charge is 0.164 e. The Morgan fingerprint density at radius 2 is 2.14 bits per heavy atom. The summed E-state index contributed by atoms with van der Waals surface area (Å²) in [5, 5.41) is 17.5. The number of rotatable bonds is 3. The van der Waals surface area contributed by atoms with Crippen LogP contribution in [0.4, 0.5) is 5.69 Å². The summed E-state index contributed by atoms with van der Waals surface area (Å²) in [6.07, 6.45) is 7.46. The molecule has 1 N–H and O–H groups in total. The third-order valence-corrected chi connectivity index (χ3v) is 3.45. The van der Waals surface area contributed by atoms with E-state index in [0.29, 0.717) is 23.1 Å². The molecule has 0 saturated heterocycles. The molecule has 0 aromatic carbocycles. The van der Waals surface area contributed by atoms with Crippen molar-refractivity contribution in [2.24, 2.45) is 0 Å². The van der Waals surface area contributed by atoms with Crippen molar-refractivity contribution in [3.8, 4) is 11.9 Å². The highest BCUT2D eigenvalue weighted by molar-refractivity contribution is 5.77. The van der Waals surface area contributed by atoms with Gasteiger partial charge in [-0.25, -0.2) is 9.97 Å². The Morgan fingerprint density at radius 1 is 1.24 bits per heavy atom. The summed E-state index contributed by atoms with van der Waals surface area (Å²) in [6.45, 7) is 0. The van der Waals surface area contributed by atoms with Crippen molar-refractivity contribution >= 4 is 16.7 Å². The minimum Gasteiger partial charge on any atom is -0.382 e. The van der Waals surface area contributed by atoms with Crippen molar-refractivity contribution in [3.63, 3.8) is 0 Å². The molecule has 3 aromatic heterocycles. The molecule has 1 fully saturated rings. The number of aromatic nitrogens is 4. The van der Waals surface area contributed by atoms with Gasteiger partial charge in [-0.3, -0.25) is 0 Å². The van der Waals surface area contributed by atoms with Gasteiger partial charge in [-0.1, -0.05) is 0 Å². The van der Waals surface area contributed by atoms with Crippen LogP contribution in [0.15, 0.2) is 36.8 Å². The van der Waals surface area contributed by atoms with Crippen LogP contribution in [0, 0.1) is 11.3 Å². The van der Waals surface area contributed by atoms with E-state index in [1.165, 1.54) is 12.8 Å². The van der Waals surface area contributed by atoms with E-state index in [1.807, 2.05) is 12.1 Å². The first-order chi connectivity index (χ1) is 10.3. The molecule has 4 rings (SSSR count). The fourth-order valence-corrected chi connectivity index (χ4v) is 2.24. The second-order valence-electron chi connectivity index (χ2n) is 5.13. The topological polar surface area (TPSA) is 79.4 Å². The summed E-state index contributed by atoms with van der Waals surface area (Å²) < 4.78 is 1.69. The predicted octanol–water partition coefficient (Wildman–Crippen LogP) is 2.26. The normalized spacial score (nSPS) is 14.0. The number of fused-ring (bicyclic) bond motifs is 1. The molecular formula is C15H12N6. The zero-order chi connectivity index (χ0) is 14.2. The first-order valence-corrected chi connectivity index (χ1v) is 6.80. The zero-order valence-electron chi connectivity index (χ0n) is 11.2. The first kappa shape index (κ1) is 11.9. The molecular weight excluding hydrogens is 264 g/mol. The van der Waals surface area contributed by atoms with Gasteiger partial charge in [0.05, 0.1) is 11.8 Å². The van der Waals surface area contributed by atoms with Crippen LogP contribution < -0.4 is 5.32 Å². The SMILES string of the molecule is N#Cc1cnc2c(cnn2-c2cc(NC3CC3)ccn2)c1. The molecule has 3 aromatic rings. The monoisotopic (exact) mass is 276 g/mol. The lowest BCUT2D eigenvalue weighted by molar-refractivity contribution is 0.862. The molecule has 1 saturated carbocycles. The van der Waals surface area contributed by atoms with Gasteiger partial charge in [0, 0.05) is 35.6 Å². The molecule has 21 heavy (non-hydrogen) atoms. The van der Waals surface area contributed by atoms with Crippen LogP contribution in [-0.4, -0.2) is 25.8 Å². The van der Waals surface area contributed by atoms with Crippen LogP contribution in [-0.2, 0) is 0 Å². The molecule has 102 valence electrons. The number of hydrogen-bond acceptors (Lipinski definition) is 5. The van der Waals surface area contributed by atoms with E-state index < -0.39 is 0 Å². The Balaban J connectivity index is 1.77. The second kappa shape index (κ2) is 4.56. The van der Waals surface area contributed by atoms with E-state index in [1.54, 1.807) is 29.3 Å². The largest absolute Gasteiger partial charge is 0.382 e. The van der Waals surface area contributed by atoms with E-state index in [2.05, 4.69) is 26.5 Å². The zero-order valence-corrected chi connectivity index (χ0v) is 11.2. The van der Waals surface area contributed by atoms with Crippen molar-refractivity contribution in [3.05, 3.63) is 42.4 Å². The van der Waals surface area contributed by atoms with Gasteiger partial charge in [0.1, 0.15) is 6.07 Å². The molecule has 3 heterocycles. The minimum atomic E-state index is 0.527. The van der Waals surface area contributed by atoms with Gasteiger partial charge in [0.15, 0.2) is 11.5 Å².